The van der Waals surface area contributed by atoms with Crippen LogP contribution in [0.2, 0.25) is 0 Å². The van der Waals surface area contributed by atoms with Crippen LogP contribution in [0.15, 0.2) is 0 Å². The second-order valence-corrected chi connectivity index (χ2v) is 4.11. The topological polar surface area (TPSA) is 90.2 Å². The lowest BCUT2D eigenvalue weighted by atomic mass is 10.0. The minimum atomic E-state index is -1.41. The Balaban J connectivity index is 2.63. The number of alkyl halides is 1. The molecule has 0 radical (unpaired) electrons. The molecule has 0 aromatic carbocycles. The van der Waals surface area contributed by atoms with Gasteiger partial charge in [0, 0.05) is 0 Å². The number of hydrogen-bond donors (Lipinski definition) is 4. The molecule has 0 amide bonds. The molecular formula is C6H11IO5. The van der Waals surface area contributed by atoms with Crippen molar-refractivity contribution in [2.45, 2.75) is 28.5 Å². The van der Waals surface area contributed by atoms with E-state index < -0.39 is 28.5 Å². The number of aliphatic hydroxyl groups is 4. The van der Waals surface area contributed by atoms with Crippen molar-refractivity contribution in [3.63, 3.8) is 0 Å². The zero-order valence-corrected chi connectivity index (χ0v) is 8.33. The molecule has 5 atom stereocenters. The second-order valence-electron chi connectivity index (χ2n) is 2.67. The van der Waals surface area contributed by atoms with E-state index in [1.54, 1.807) is 0 Å². The van der Waals surface area contributed by atoms with Crippen molar-refractivity contribution >= 4 is 22.6 Å². The van der Waals surface area contributed by atoms with Gasteiger partial charge in [-0.2, -0.15) is 0 Å². The van der Waals surface area contributed by atoms with Crippen LogP contribution in [0.3, 0.4) is 0 Å². The lowest BCUT2D eigenvalue weighted by Crippen LogP contribution is -2.56. The summed E-state index contributed by atoms with van der Waals surface area (Å²) in [5.41, 5.74) is 0. The molecule has 1 heterocycles. The summed E-state index contributed by atoms with van der Waals surface area (Å²) in [7, 11) is 0. The minimum Gasteiger partial charge on any atom is -0.394 e. The normalized spacial score (nSPS) is 49.2. The van der Waals surface area contributed by atoms with Gasteiger partial charge in [0.15, 0.2) is 6.29 Å². The van der Waals surface area contributed by atoms with Crippen LogP contribution in [-0.2, 0) is 4.74 Å². The predicted molar refractivity (Wildman–Crippen MR) is 47.8 cm³/mol. The summed E-state index contributed by atoms with van der Waals surface area (Å²) in [5, 5.41) is 36.2. The van der Waals surface area contributed by atoms with Crippen LogP contribution < -0.4 is 0 Å². The third-order valence-electron chi connectivity index (χ3n) is 1.82. The first-order chi connectivity index (χ1) is 5.57. The zero-order valence-electron chi connectivity index (χ0n) is 6.17. The molecule has 6 heteroatoms. The van der Waals surface area contributed by atoms with Crippen molar-refractivity contribution in [3.05, 3.63) is 0 Å². The largest absolute Gasteiger partial charge is 0.394 e. The second kappa shape index (κ2) is 4.16. The Bertz CT molecular complexity index is 150. The van der Waals surface area contributed by atoms with E-state index in [1.807, 2.05) is 22.6 Å². The van der Waals surface area contributed by atoms with Crippen LogP contribution in [0.25, 0.3) is 0 Å². The van der Waals surface area contributed by atoms with Crippen molar-refractivity contribution in [3.8, 4) is 0 Å². The average Bonchev–Trinajstić information content (AvgIpc) is 2.08. The van der Waals surface area contributed by atoms with Crippen molar-refractivity contribution in [2.24, 2.45) is 0 Å². The van der Waals surface area contributed by atoms with Crippen LogP contribution in [0.1, 0.15) is 0 Å². The Kier molecular flexibility index (Phi) is 3.68. The van der Waals surface area contributed by atoms with Gasteiger partial charge in [-0.1, -0.05) is 22.6 Å². The zero-order chi connectivity index (χ0) is 9.30. The third-order valence-corrected chi connectivity index (χ3v) is 3.36. The van der Waals surface area contributed by atoms with Crippen molar-refractivity contribution in [2.75, 3.05) is 6.61 Å². The molecule has 0 aromatic rings. The van der Waals surface area contributed by atoms with Gasteiger partial charge in [-0.05, 0) is 0 Å². The Hall–Kier alpha value is 0.530. The van der Waals surface area contributed by atoms with E-state index >= 15 is 0 Å². The van der Waals surface area contributed by atoms with Gasteiger partial charge < -0.3 is 25.2 Å². The lowest BCUT2D eigenvalue weighted by molar-refractivity contribution is -0.246. The molecule has 0 saturated carbocycles. The molecule has 0 bridgehead atoms. The van der Waals surface area contributed by atoms with E-state index in [0.29, 0.717) is 0 Å². The lowest BCUT2D eigenvalue weighted by Gasteiger charge is -2.37. The maximum atomic E-state index is 9.31. The van der Waals surface area contributed by atoms with E-state index in [0.717, 1.165) is 0 Å². The highest BCUT2D eigenvalue weighted by atomic mass is 127. The van der Waals surface area contributed by atoms with Crippen LogP contribution in [-0.4, -0.2) is 55.6 Å². The Morgan fingerprint density at radius 2 is 1.75 bits per heavy atom. The van der Waals surface area contributed by atoms with Crippen LogP contribution >= 0.6 is 22.6 Å². The molecule has 4 N–H and O–H groups in total. The highest BCUT2D eigenvalue weighted by Crippen LogP contribution is 2.25. The Labute approximate surface area is 83.1 Å². The summed E-state index contributed by atoms with van der Waals surface area (Å²) in [6, 6.07) is 0. The average molecular weight is 290 g/mol. The standard InChI is InChI=1S/C6H11IO5/c7-3-2(1-8)12-6(11)5(10)4(3)9/h2-6,8-11H,1H2/t2-,3-,4+,5-,6+/m1/s1. The molecule has 1 saturated heterocycles. The molecule has 12 heavy (non-hydrogen) atoms. The van der Waals surface area contributed by atoms with Gasteiger partial charge in [0.25, 0.3) is 0 Å². The maximum absolute atomic E-state index is 9.31. The molecule has 72 valence electrons. The highest BCUT2D eigenvalue weighted by molar-refractivity contribution is 14.1. The van der Waals surface area contributed by atoms with Crippen LogP contribution in [0, 0.1) is 0 Å². The van der Waals surface area contributed by atoms with Gasteiger partial charge >= 0.3 is 0 Å². The molecule has 5 nitrogen and oxygen atoms in total. The van der Waals surface area contributed by atoms with Gasteiger partial charge in [0.2, 0.25) is 0 Å². The Morgan fingerprint density at radius 1 is 1.17 bits per heavy atom. The number of halogens is 1. The van der Waals surface area contributed by atoms with Gasteiger partial charge in [-0.15, -0.1) is 0 Å². The molecule has 0 aromatic heterocycles. The van der Waals surface area contributed by atoms with Crippen molar-refractivity contribution in [1.29, 1.82) is 0 Å². The van der Waals surface area contributed by atoms with Gasteiger partial charge in [0.05, 0.1) is 22.7 Å². The van der Waals surface area contributed by atoms with E-state index in [9.17, 15) is 5.11 Å². The summed E-state index contributed by atoms with van der Waals surface area (Å²) >= 11 is 1.86. The van der Waals surface area contributed by atoms with Crippen LogP contribution in [0.5, 0.6) is 0 Å². The molecule has 1 aliphatic rings. The van der Waals surface area contributed by atoms with Gasteiger partial charge in [-0.3, -0.25) is 0 Å². The summed E-state index contributed by atoms with van der Waals surface area (Å²) in [4.78, 5) is 0. The molecule has 1 aliphatic heterocycles. The number of hydrogen-bond acceptors (Lipinski definition) is 5. The highest BCUT2D eigenvalue weighted by Gasteiger charge is 2.41. The summed E-state index contributed by atoms with van der Waals surface area (Å²) in [6.07, 6.45) is -4.40. The summed E-state index contributed by atoms with van der Waals surface area (Å²) in [6.45, 7) is -0.283. The molecule has 1 rings (SSSR count). The predicted octanol–water partition coefficient (Wildman–Crippen LogP) is -1.78. The number of rotatable bonds is 1. The third kappa shape index (κ3) is 1.88. The fraction of sp³-hybridized carbons (Fsp3) is 1.00. The van der Waals surface area contributed by atoms with Gasteiger partial charge in [0.1, 0.15) is 6.10 Å². The Morgan fingerprint density at radius 3 is 2.25 bits per heavy atom. The molecule has 0 aliphatic carbocycles. The quantitative estimate of drug-likeness (QED) is 0.339. The fourth-order valence-corrected chi connectivity index (χ4v) is 1.88. The molecule has 0 unspecified atom stereocenters. The first kappa shape index (κ1) is 10.6. The van der Waals surface area contributed by atoms with E-state index in [2.05, 4.69) is 0 Å². The summed E-state index contributed by atoms with van der Waals surface area (Å²) < 4.78 is 4.41. The molecule has 0 spiro atoms. The number of ether oxygens (including phenoxy) is 1. The van der Waals surface area contributed by atoms with E-state index in [1.165, 1.54) is 0 Å². The smallest absolute Gasteiger partial charge is 0.183 e. The maximum Gasteiger partial charge on any atom is 0.183 e. The fourth-order valence-electron chi connectivity index (χ4n) is 1.06. The van der Waals surface area contributed by atoms with Crippen molar-refractivity contribution in [1.82, 2.24) is 0 Å². The molecule has 1 fully saturated rings. The summed E-state index contributed by atoms with van der Waals surface area (Å²) in [5.74, 6) is 0. The number of aliphatic hydroxyl groups excluding tert-OH is 4. The van der Waals surface area contributed by atoms with E-state index in [4.69, 9.17) is 20.1 Å². The van der Waals surface area contributed by atoms with Crippen molar-refractivity contribution < 1.29 is 25.2 Å². The monoisotopic (exact) mass is 290 g/mol. The minimum absolute atomic E-state index is 0.283. The van der Waals surface area contributed by atoms with Gasteiger partial charge in [-0.25, -0.2) is 0 Å². The first-order valence-electron chi connectivity index (χ1n) is 3.52. The van der Waals surface area contributed by atoms with Crippen LogP contribution in [0.4, 0.5) is 0 Å². The van der Waals surface area contributed by atoms with E-state index in [-0.39, 0.29) is 6.61 Å². The SMILES string of the molecule is OC[C@H]1O[C@H](O)[C@H](O)[C@@H](O)[C@@H]1I. The first-order valence-corrected chi connectivity index (χ1v) is 4.77. The molecular weight excluding hydrogens is 279 g/mol.